The van der Waals surface area contributed by atoms with Gasteiger partial charge in [-0.15, -0.1) is 5.01 Å². The predicted octanol–water partition coefficient (Wildman–Crippen LogP) is 5.93. The number of aromatic nitrogens is 2. The van der Waals surface area contributed by atoms with Crippen molar-refractivity contribution in [1.29, 1.82) is 0 Å². The smallest absolute Gasteiger partial charge is 0.379 e. The molecule has 0 aliphatic carbocycles. The van der Waals surface area contributed by atoms with Crippen molar-refractivity contribution in [1.82, 2.24) is 34.6 Å². The average molecular weight is 1060 g/mol. The summed E-state index contributed by atoms with van der Waals surface area (Å²) in [5.74, 6) is 2.90. The van der Waals surface area contributed by atoms with Crippen LogP contribution >= 0.6 is 12.2 Å². The second kappa shape index (κ2) is 23.1. The van der Waals surface area contributed by atoms with E-state index in [0.29, 0.717) is 64.1 Å². The Hall–Kier alpha value is -5.97. The van der Waals surface area contributed by atoms with Crippen molar-refractivity contribution in [3.8, 4) is 34.2 Å². The highest BCUT2D eigenvalue weighted by atomic mass is 32.1. The summed E-state index contributed by atoms with van der Waals surface area (Å²) >= 11 is 11.4. The van der Waals surface area contributed by atoms with E-state index < -0.39 is 58.9 Å². The Morgan fingerprint density at radius 2 is 1.81 bits per heavy atom. The van der Waals surface area contributed by atoms with Gasteiger partial charge in [0.1, 0.15) is 23.7 Å². The van der Waals surface area contributed by atoms with Gasteiger partial charge in [-0.2, -0.15) is 0 Å². The van der Waals surface area contributed by atoms with E-state index in [1.165, 1.54) is 14.0 Å². The minimum Gasteiger partial charge on any atom is -0.460 e. The number of benzene rings is 2. The summed E-state index contributed by atoms with van der Waals surface area (Å²) in [6, 6.07) is 15.3. The quantitative estimate of drug-likeness (QED) is 0.0818. The molecule has 0 saturated carbocycles. The van der Waals surface area contributed by atoms with Crippen LogP contribution in [0, 0.1) is 29.1 Å². The lowest BCUT2D eigenvalue weighted by molar-refractivity contribution is -0.676. The minimum absolute atomic E-state index is 0.0675. The van der Waals surface area contributed by atoms with E-state index in [1.54, 1.807) is 30.6 Å². The number of methoxy groups -OCH3 is 1. The van der Waals surface area contributed by atoms with Gasteiger partial charge in [0, 0.05) is 93.1 Å². The molecule has 0 spiro atoms. The normalized spacial score (nSPS) is 22.8. The number of rotatable bonds is 11. The van der Waals surface area contributed by atoms with E-state index in [9.17, 15) is 19.2 Å². The number of hydrogen-bond acceptors (Lipinski definition) is 12. The van der Waals surface area contributed by atoms with Gasteiger partial charge in [0.05, 0.1) is 37.1 Å². The predicted molar refractivity (Wildman–Crippen MR) is 292 cm³/mol. The van der Waals surface area contributed by atoms with Gasteiger partial charge in [-0.05, 0) is 103 Å². The number of carbonyl (C=O) groups excluding carboxylic acids is 5. The molecule has 6 bridgehead atoms. The number of hydrogen-bond donors (Lipinski definition) is 1. The Bertz CT molecular complexity index is 2940. The Morgan fingerprint density at radius 3 is 2.51 bits per heavy atom. The number of likely N-dealkylation sites (N-methyl/N-ethyl adjacent to an activating group) is 2. The molecule has 6 atom stereocenters. The first-order chi connectivity index (χ1) is 35.8. The SMILES string of the molecule is CCn1c(-c2cccnc2[C@H](C=S)OC)c2c3cc(ccc31)-c1cccc(c1)C[C@H](NC(=O)[C@H](C(C)C)N(C)C(=O)[C@H]1CCN(C(=O)C#CC3(N(C)C)CCOC3)C1)C(=O)N1CCC[C@@H](C(=O)OCC(C)(C)C2)[N+]1=S. The van der Waals surface area contributed by atoms with E-state index in [2.05, 4.69) is 60.7 Å². The molecule has 3 fully saturated rings. The zero-order valence-electron chi connectivity index (χ0n) is 44.7. The van der Waals surface area contributed by atoms with Gasteiger partial charge in [0.2, 0.25) is 11.8 Å². The number of hydrazine groups is 1. The maximum Gasteiger partial charge on any atom is 0.379 e. The van der Waals surface area contributed by atoms with Gasteiger partial charge in [-0.3, -0.25) is 29.1 Å². The maximum atomic E-state index is 15.0. The van der Waals surface area contributed by atoms with Crippen molar-refractivity contribution < 1.29 is 42.2 Å². The number of likely N-dealkylation sites (tertiary alicyclic amines) is 1. The molecule has 4 aliphatic rings. The Kier molecular flexibility index (Phi) is 17.0. The number of pyridine rings is 1. The third-order valence-corrected chi connectivity index (χ3v) is 16.1. The first kappa shape index (κ1) is 55.3. The van der Waals surface area contributed by atoms with Crippen molar-refractivity contribution in [2.24, 2.45) is 17.3 Å². The van der Waals surface area contributed by atoms with Crippen LogP contribution in [0.5, 0.6) is 0 Å². The van der Waals surface area contributed by atoms with Crippen LogP contribution in [0.2, 0.25) is 0 Å². The number of fused-ring (bicyclic) bond motifs is 6. The summed E-state index contributed by atoms with van der Waals surface area (Å²) in [5, 5.41) is 7.05. The largest absolute Gasteiger partial charge is 0.460 e. The van der Waals surface area contributed by atoms with Crippen molar-refractivity contribution in [2.45, 2.75) is 109 Å². The molecule has 1 N–H and O–H groups in total. The molecule has 2 aromatic carbocycles. The summed E-state index contributed by atoms with van der Waals surface area (Å²) in [5.41, 5.74) is 6.15. The highest BCUT2D eigenvalue weighted by Crippen LogP contribution is 2.42. The molecular formula is C57H71N8O8S2+. The Morgan fingerprint density at radius 1 is 1.04 bits per heavy atom. The van der Waals surface area contributed by atoms with Gasteiger partial charge < -0.3 is 33.9 Å². The van der Waals surface area contributed by atoms with Crippen LogP contribution in [0.4, 0.5) is 0 Å². The summed E-state index contributed by atoms with van der Waals surface area (Å²) in [7, 11) is 7.06. The number of thiocarbonyl (C=S) groups is 1. The van der Waals surface area contributed by atoms with Crippen molar-refractivity contribution >= 4 is 70.5 Å². The van der Waals surface area contributed by atoms with Gasteiger partial charge in [0.25, 0.3) is 24.4 Å². The van der Waals surface area contributed by atoms with Crippen molar-refractivity contribution in [3.05, 3.63) is 77.6 Å². The molecule has 4 aromatic rings. The number of amides is 4. The molecule has 18 heteroatoms. The van der Waals surface area contributed by atoms with Gasteiger partial charge in [-0.1, -0.05) is 76.2 Å². The third-order valence-electron chi connectivity index (χ3n) is 15.4. The third kappa shape index (κ3) is 11.4. The number of cyclic esters (lactones) is 1. The summed E-state index contributed by atoms with van der Waals surface area (Å²) in [6.45, 7) is 12.4. The van der Waals surface area contributed by atoms with E-state index in [0.717, 1.165) is 44.4 Å². The van der Waals surface area contributed by atoms with Gasteiger partial charge >= 0.3 is 11.9 Å². The van der Waals surface area contributed by atoms with E-state index >= 15 is 4.79 Å². The van der Waals surface area contributed by atoms with E-state index in [1.807, 2.05) is 69.2 Å². The second-order valence-electron chi connectivity index (χ2n) is 21.7. The van der Waals surface area contributed by atoms with Crippen LogP contribution in [0.25, 0.3) is 33.3 Å². The molecule has 6 heterocycles. The average Bonchev–Trinajstić information content (AvgIpc) is 4.17. The maximum absolute atomic E-state index is 15.0. The highest BCUT2D eigenvalue weighted by Gasteiger charge is 2.46. The van der Waals surface area contributed by atoms with Crippen LogP contribution in [-0.4, -0.2) is 160 Å². The number of nitrogens with one attached hydrogen (secondary N) is 1. The zero-order valence-corrected chi connectivity index (χ0v) is 46.4. The molecular weight excluding hydrogens is 989 g/mol. The van der Waals surface area contributed by atoms with Gasteiger partial charge in [-0.25, -0.2) is 4.79 Å². The molecule has 3 saturated heterocycles. The van der Waals surface area contributed by atoms with Crippen LogP contribution < -0.4 is 5.32 Å². The molecule has 2 aromatic heterocycles. The summed E-state index contributed by atoms with van der Waals surface area (Å²) < 4.78 is 21.1. The fourth-order valence-corrected chi connectivity index (χ4v) is 11.8. The number of nitrogens with zero attached hydrogens (tertiary/aromatic N) is 7. The number of esters is 1. The highest BCUT2D eigenvalue weighted by molar-refractivity contribution is 7.79. The fraction of sp³-hybridized carbons (Fsp3) is 0.526. The van der Waals surface area contributed by atoms with Crippen molar-refractivity contribution in [3.63, 3.8) is 0 Å². The molecule has 75 heavy (non-hydrogen) atoms. The molecule has 4 aliphatic heterocycles. The second-order valence-corrected chi connectivity index (χ2v) is 22.4. The van der Waals surface area contributed by atoms with E-state index in [-0.39, 0.29) is 43.8 Å². The Labute approximate surface area is 451 Å². The van der Waals surface area contributed by atoms with Crippen LogP contribution in [-0.2, 0) is 70.0 Å². The lowest BCUT2D eigenvalue weighted by Crippen LogP contribution is -2.60. The van der Waals surface area contributed by atoms with Crippen LogP contribution in [0.1, 0.15) is 83.2 Å². The zero-order chi connectivity index (χ0) is 53.9. The van der Waals surface area contributed by atoms with Crippen LogP contribution in [0.3, 0.4) is 0 Å². The topological polar surface area (TPSA) is 159 Å². The van der Waals surface area contributed by atoms with Crippen LogP contribution in [0.15, 0.2) is 60.8 Å². The van der Waals surface area contributed by atoms with E-state index in [4.69, 9.17) is 43.8 Å². The van der Waals surface area contributed by atoms with Crippen molar-refractivity contribution in [2.75, 3.05) is 67.7 Å². The monoisotopic (exact) mass is 1060 g/mol. The summed E-state index contributed by atoms with van der Waals surface area (Å²) in [6.07, 6.45) is 3.78. The number of ether oxygens (including phenoxy) is 3. The first-order valence-corrected chi connectivity index (χ1v) is 26.9. The Balaban J connectivity index is 1.13. The molecule has 16 nitrogen and oxygen atoms in total. The number of aryl methyl sites for hydroxylation is 1. The minimum atomic E-state index is -1.14. The molecule has 8 rings (SSSR count). The molecule has 4 amide bonds. The molecule has 1 unspecified atom stereocenters. The lowest BCUT2D eigenvalue weighted by Gasteiger charge is -2.34. The fourth-order valence-electron chi connectivity index (χ4n) is 11.2. The standard InChI is InChI=1S/C57H70N8O8S2/c1-10-63-45-19-18-39-30-42(45)43(51(63)41-16-12-24-58-49(41)47(33-74)71-9)31-56(4,5)34-73-55(70)46-17-13-25-64(65(46)75)54(69)44(29-37-14-11-15-38(39)28-37)59-52(67)50(36(2)3)61(8)53(68)40-21-26-62(32-40)48(66)20-22-57(60(6)7)23-27-72-35-57/h11-12,14-16,18-19,24,28,30,33,36,40,44,46-47,50H,10,13,17,21,23,25-27,29,31-32,34-35H2,1-9H3/p+1/t40-,44-,46-,47-,50-,57?/m0/s1. The van der Waals surface area contributed by atoms with Gasteiger partial charge in [0.15, 0.2) is 0 Å². The summed E-state index contributed by atoms with van der Waals surface area (Å²) in [4.78, 5) is 81.5. The lowest BCUT2D eigenvalue weighted by atomic mass is 9.84. The molecule has 0 radical (unpaired) electrons. The molecule has 398 valence electrons. The first-order valence-electron chi connectivity index (χ1n) is 26.1. The number of carbonyl (C=O) groups is 5.